The van der Waals surface area contributed by atoms with Crippen molar-refractivity contribution in [3.8, 4) is 0 Å². The van der Waals surface area contributed by atoms with Gasteiger partial charge in [-0.2, -0.15) is 5.10 Å². The van der Waals surface area contributed by atoms with Crippen LogP contribution in [0, 0.1) is 0 Å². The van der Waals surface area contributed by atoms with Crippen LogP contribution in [0.25, 0.3) is 0 Å². The maximum absolute atomic E-state index is 4.40. The van der Waals surface area contributed by atoms with Gasteiger partial charge >= 0.3 is 0 Å². The molecule has 0 radical (unpaired) electrons. The third-order valence-corrected chi connectivity index (χ3v) is 4.21. The highest BCUT2D eigenvalue weighted by Gasteiger charge is 2.27. The minimum atomic E-state index is 0.633. The maximum atomic E-state index is 4.40. The summed E-state index contributed by atoms with van der Waals surface area (Å²) in [5, 5.41) is 7.46. The molecule has 1 aliphatic rings. The molecule has 2 heterocycles. The molecular formula is C14H27N7. The van der Waals surface area contributed by atoms with E-state index in [0.717, 1.165) is 38.0 Å². The maximum Gasteiger partial charge on any atom is 0.194 e. The van der Waals surface area contributed by atoms with Gasteiger partial charge in [-0.3, -0.25) is 14.6 Å². The van der Waals surface area contributed by atoms with E-state index < -0.39 is 0 Å². The number of aromatic nitrogens is 3. The number of aryl methyl sites for hydroxylation is 1. The molecule has 1 aromatic rings. The number of rotatable bonds is 5. The lowest BCUT2D eigenvalue weighted by atomic mass is 10.2. The Labute approximate surface area is 127 Å². The number of guanidine groups is 1. The zero-order valence-electron chi connectivity index (χ0n) is 13.6. The summed E-state index contributed by atoms with van der Waals surface area (Å²) < 4.78 is 1.78. The Kier molecular flexibility index (Phi) is 5.55. The van der Waals surface area contributed by atoms with Crippen LogP contribution in [0.4, 0.5) is 0 Å². The molecular weight excluding hydrogens is 266 g/mol. The van der Waals surface area contributed by atoms with E-state index in [4.69, 9.17) is 0 Å². The monoisotopic (exact) mass is 293 g/mol. The fourth-order valence-corrected chi connectivity index (χ4v) is 2.94. The van der Waals surface area contributed by atoms with Gasteiger partial charge in [0.1, 0.15) is 12.2 Å². The number of hydrogen-bond donors (Lipinski definition) is 1. The zero-order valence-corrected chi connectivity index (χ0v) is 13.6. The van der Waals surface area contributed by atoms with Crippen molar-refractivity contribution >= 4 is 5.96 Å². The van der Waals surface area contributed by atoms with Gasteiger partial charge in [0, 0.05) is 33.2 Å². The van der Waals surface area contributed by atoms with Crippen LogP contribution in [0.3, 0.4) is 0 Å². The summed E-state index contributed by atoms with van der Waals surface area (Å²) in [6, 6.07) is 0.633. The zero-order chi connectivity index (χ0) is 15.2. The highest BCUT2D eigenvalue weighted by molar-refractivity contribution is 5.80. The molecule has 1 unspecified atom stereocenters. The van der Waals surface area contributed by atoms with Gasteiger partial charge in [-0.25, -0.2) is 4.98 Å². The van der Waals surface area contributed by atoms with Crippen molar-refractivity contribution in [2.45, 2.75) is 32.9 Å². The van der Waals surface area contributed by atoms with Gasteiger partial charge in [-0.05, 0) is 19.5 Å². The highest BCUT2D eigenvalue weighted by atomic mass is 15.4. The normalized spacial score (nSPS) is 19.6. The Morgan fingerprint density at radius 3 is 2.81 bits per heavy atom. The summed E-state index contributed by atoms with van der Waals surface area (Å²) in [4.78, 5) is 13.5. The molecule has 7 heteroatoms. The Balaban J connectivity index is 1.89. The fraction of sp³-hybridized carbons (Fsp3) is 0.786. The second-order valence-electron chi connectivity index (χ2n) is 5.31. The first-order valence-electron chi connectivity index (χ1n) is 7.72. The van der Waals surface area contributed by atoms with E-state index in [9.17, 15) is 0 Å². The Hall–Kier alpha value is -1.63. The van der Waals surface area contributed by atoms with Gasteiger partial charge in [0.25, 0.3) is 0 Å². The summed E-state index contributed by atoms with van der Waals surface area (Å²) in [5.41, 5.74) is 0. The van der Waals surface area contributed by atoms with Gasteiger partial charge < -0.3 is 10.2 Å². The Morgan fingerprint density at radius 1 is 1.48 bits per heavy atom. The molecule has 0 aliphatic carbocycles. The summed E-state index contributed by atoms with van der Waals surface area (Å²) in [7, 11) is 3.74. The van der Waals surface area contributed by atoms with E-state index in [1.165, 1.54) is 6.42 Å². The smallest absolute Gasteiger partial charge is 0.194 e. The van der Waals surface area contributed by atoms with E-state index in [1.54, 1.807) is 11.0 Å². The lowest BCUT2D eigenvalue weighted by Crippen LogP contribution is -2.43. The van der Waals surface area contributed by atoms with E-state index in [1.807, 2.05) is 14.1 Å². The Bertz CT molecular complexity index is 464. The van der Waals surface area contributed by atoms with Crippen LogP contribution in [-0.2, 0) is 13.6 Å². The van der Waals surface area contributed by atoms with Gasteiger partial charge in [0.05, 0.1) is 6.54 Å². The molecule has 0 spiro atoms. The van der Waals surface area contributed by atoms with Crippen LogP contribution < -0.4 is 5.32 Å². The van der Waals surface area contributed by atoms with Gasteiger partial charge in [0.2, 0.25) is 0 Å². The predicted molar refractivity (Wildman–Crippen MR) is 84.1 cm³/mol. The molecule has 118 valence electrons. The minimum absolute atomic E-state index is 0.633. The fourth-order valence-electron chi connectivity index (χ4n) is 2.94. The molecule has 2 rings (SSSR count). The average Bonchev–Trinajstić information content (AvgIpc) is 3.11. The molecule has 1 aliphatic heterocycles. The highest BCUT2D eigenvalue weighted by Crippen LogP contribution is 2.15. The minimum Gasteiger partial charge on any atom is -0.349 e. The number of likely N-dealkylation sites (tertiary alicyclic amines) is 1. The average molecular weight is 293 g/mol. The standard InChI is InChI=1S/C14H27N7/c1-5-20(6-2)12-7-8-21(10-12)14(15-3)16-9-13-17-11-18-19(13)4/h11-12H,5-10H2,1-4H3,(H,15,16). The van der Waals surface area contributed by atoms with E-state index in [-0.39, 0.29) is 0 Å². The van der Waals surface area contributed by atoms with Crippen molar-refractivity contribution in [3.05, 3.63) is 12.2 Å². The first-order chi connectivity index (χ1) is 10.2. The first-order valence-corrected chi connectivity index (χ1v) is 7.72. The SMILES string of the molecule is CCN(CC)C1CCN(C(=NC)NCc2ncnn2C)C1. The second kappa shape index (κ2) is 7.40. The van der Waals surface area contributed by atoms with Crippen molar-refractivity contribution in [1.29, 1.82) is 0 Å². The predicted octanol–water partition coefficient (Wildman–Crippen LogP) is 0.307. The first kappa shape index (κ1) is 15.8. The Morgan fingerprint density at radius 2 is 2.24 bits per heavy atom. The number of aliphatic imine (C=N–C) groups is 1. The van der Waals surface area contributed by atoms with Gasteiger partial charge in [-0.15, -0.1) is 0 Å². The third-order valence-electron chi connectivity index (χ3n) is 4.21. The van der Waals surface area contributed by atoms with Crippen LogP contribution in [0.1, 0.15) is 26.1 Å². The molecule has 1 atom stereocenters. The van der Waals surface area contributed by atoms with Crippen LogP contribution in [0.5, 0.6) is 0 Å². The van der Waals surface area contributed by atoms with E-state index in [0.29, 0.717) is 12.6 Å². The molecule has 7 nitrogen and oxygen atoms in total. The molecule has 21 heavy (non-hydrogen) atoms. The van der Waals surface area contributed by atoms with Crippen LogP contribution in [0.15, 0.2) is 11.3 Å². The number of hydrogen-bond acceptors (Lipinski definition) is 4. The molecule has 0 saturated carbocycles. The van der Waals surface area contributed by atoms with E-state index >= 15 is 0 Å². The summed E-state index contributed by atoms with van der Waals surface area (Å²) >= 11 is 0. The molecule has 0 aromatic carbocycles. The summed E-state index contributed by atoms with van der Waals surface area (Å²) in [6.45, 7) is 9.43. The van der Waals surface area contributed by atoms with Crippen molar-refractivity contribution in [1.82, 2.24) is 29.9 Å². The topological polar surface area (TPSA) is 61.6 Å². The molecule has 0 bridgehead atoms. The number of nitrogens with zero attached hydrogens (tertiary/aromatic N) is 6. The van der Waals surface area contributed by atoms with Crippen molar-refractivity contribution < 1.29 is 0 Å². The molecule has 1 N–H and O–H groups in total. The molecule has 0 amide bonds. The van der Waals surface area contributed by atoms with Crippen molar-refractivity contribution in [3.63, 3.8) is 0 Å². The van der Waals surface area contributed by atoms with Crippen molar-refractivity contribution in [2.24, 2.45) is 12.0 Å². The van der Waals surface area contributed by atoms with Gasteiger partial charge in [0.15, 0.2) is 5.96 Å². The van der Waals surface area contributed by atoms with Crippen LogP contribution >= 0.6 is 0 Å². The molecule has 1 saturated heterocycles. The summed E-state index contributed by atoms with van der Waals surface area (Å²) in [6.07, 6.45) is 2.78. The molecule has 1 aromatic heterocycles. The lowest BCUT2D eigenvalue weighted by Gasteiger charge is -2.27. The van der Waals surface area contributed by atoms with Crippen molar-refractivity contribution in [2.75, 3.05) is 33.2 Å². The second-order valence-corrected chi connectivity index (χ2v) is 5.31. The quantitative estimate of drug-likeness (QED) is 0.625. The lowest BCUT2D eigenvalue weighted by molar-refractivity contribution is 0.223. The number of likely N-dealkylation sites (N-methyl/N-ethyl adjacent to an activating group) is 1. The molecule has 1 fully saturated rings. The number of nitrogens with one attached hydrogen (secondary N) is 1. The third kappa shape index (κ3) is 3.72. The van der Waals surface area contributed by atoms with Crippen LogP contribution in [-0.4, -0.2) is 69.8 Å². The van der Waals surface area contributed by atoms with E-state index in [2.05, 4.69) is 44.0 Å². The summed E-state index contributed by atoms with van der Waals surface area (Å²) in [5.74, 6) is 1.86. The largest absolute Gasteiger partial charge is 0.349 e. The van der Waals surface area contributed by atoms with Gasteiger partial charge in [-0.1, -0.05) is 13.8 Å². The van der Waals surface area contributed by atoms with Crippen LogP contribution in [0.2, 0.25) is 0 Å².